The lowest BCUT2D eigenvalue weighted by molar-refractivity contribution is -0.142. The molecule has 1 saturated carbocycles. The van der Waals surface area contributed by atoms with Crippen LogP contribution in [0.2, 0.25) is 0 Å². The van der Waals surface area contributed by atoms with E-state index in [9.17, 15) is 14.4 Å². The van der Waals surface area contributed by atoms with Crippen molar-refractivity contribution in [3.63, 3.8) is 0 Å². The van der Waals surface area contributed by atoms with Crippen LogP contribution in [0.4, 0.5) is 0 Å². The predicted molar refractivity (Wildman–Crippen MR) is 60.1 cm³/mol. The monoisotopic (exact) mass is 242 g/mol. The van der Waals surface area contributed by atoms with E-state index in [1.165, 1.54) is 11.9 Å². The Bertz CT molecular complexity index is 340. The van der Waals surface area contributed by atoms with E-state index in [1.54, 1.807) is 0 Å². The Balaban J connectivity index is 2.38. The number of carboxylic acid groups (broad SMARTS) is 1. The summed E-state index contributed by atoms with van der Waals surface area (Å²) in [6.07, 6.45) is 0.379. The molecule has 2 amide bonds. The van der Waals surface area contributed by atoms with Gasteiger partial charge in [-0.1, -0.05) is 0 Å². The molecular weight excluding hydrogens is 224 g/mol. The molecule has 2 N–H and O–H groups in total. The topological polar surface area (TPSA) is 86.7 Å². The zero-order valence-electron chi connectivity index (χ0n) is 10.3. The largest absolute Gasteiger partial charge is 0.481 e. The summed E-state index contributed by atoms with van der Waals surface area (Å²) in [5, 5.41) is 11.4. The third-order valence-electron chi connectivity index (χ3n) is 2.63. The van der Waals surface area contributed by atoms with E-state index in [2.05, 4.69) is 5.32 Å². The summed E-state index contributed by atoms with van der Waals surface area (Å²) >= 11 is 0. The smallest absolute Gasteiger partial charge is 0.307 e. The molecule has 2 atom stereocenters. The highest BCUT2D eigenvalue weighted by Gasteiger charge is 2.49. The van der Waals surface area contributed by atoms with E-state index in [-0.39, 0.29) is 24.4 Å². The lowest BCUT2D eigenvalue weighted by Gasteiger charge is -2.17. The number of hydrogen-bond acceptors (Lipinski definition) is 3. The molecule has 17 heavy (non-hydrogen) atoms. The van der Waals surface area contributed by atoms with Crippen LogP contribution >= 0.6 is 0 Å². The number of carbonyl (C=O) groups excluding carboxylic acids is 2. The second-order valence-corrected chi connectivity index (χ2v) is 4.70. The zero-order valence-corrected chi connectivity index (χ0v) is 10.3. The van der Waals surface area contributed by atoms with Gasteiger partial charge in [0.05, 0.1) is 18.4 Å². The molecule has 0 radical (unpaired) electrons. The molecular formula is C11H18N2O4. The minimum atomic E-state index is -0.941. The van der Waals surface area contributed by atoms with Crippen LogP contribution in [0.15, 0.2) is 0 Å². The van der Waals surface area contributed by atoms with Gasteiger partial charge in [0.2, 0.25) is 11.8 Å². The Morgan fingerprint density at radius 2 is 1.94 bits per heavy atom. The van der Waals surface area contributed by atoms with Crippen LogP contribution in [0.3, 0.4) is 0 Å². The van der Waals surface area contributed by atoms with E-state index >= 15 is 0 Å². The van der Waals surface area contributed by atoms with Crippen molar-refractivity contribution in [2.24, 2.45) is 11.8 Å². The minimum absolute atomic E-state index is 0.0266. The molecule has 6 heteroatoms. The first-order valence-corrected chi connectivity index (χ1v) is 5.60. The van der Waals surface area contributed by atoms with Gasteiger partial charge in [-0.3, -0.25) is 14.4 Å². The van der Waals surface area contributed by atoms with E-state index in [0.717, 1.165) is 0 Å². The van der Waals surface area contributed by atoms with Crippen LogP contribution in [-0.2, 0) is 14.4 Å². The van der Waals surface area contributed by atoms with Crippen molar-refractivity contribution >= 4 is 17.8 Å². The maximum absolute atomic E-state index is 11.7. The van der Waals surface area contributed by atoms with Crippen molar-refractivity contribution in [2.45, 2.75) is 26.3 Å². The first-order chi connectivity index (χ1) is 7.82. The summed E-state index contributed by atoms with van der Waals surface area (Å²) in [5.41, 5.74) is 0. The van der Waals surface area contributed by atoms with Gasteiger partial charge >= 0.3 is 5.97 Å². The lowest BCUT2D eigenvalue weighted by Crippen LogP contribution is -2.41. The van der Waals surface area contributed by atoms with Crippen molar-refractivity contribution in [3.8, 4) is 0 Å². The molecule has 1 aliphatic carbocycles. The number of likely N-dealkylation sites (N-methyl/N-ethyl adjacent to an activating group) is 1. The zero-order chi connectivity index (χ0) is 13.2. The molecule has 1 aliphatic rings. The number of carboxylic acids is 1. The Hall–Kier alpha value is -1.59. The highest BCUT2D eigenvalue weighted by Crippen LogP contribution is 2.39. The quantitative estimate of drug-likeness (QED) is 0.692. The molecule has 0 aliphatic heterocycles. The van der Waals surface area contributed by atoms with Crippen LogP contribution in [-0.4, -0.2) is 47.4 Å². The third-order valence-corrected chi connectivity index (χ3v) is 2.63. The molecule has 1 rings (SSSR count). The van der Waals surface area contributed by atoms with Crippen molar-refractivity contribution < 1.29 is 19.5 Å². The van der Waals surface area contributed by atoms with Gasteiger partial charge in [-0.15, -0.1) is 0 Å². The summed E-state index contributed by atoms with van der Waals surface area (Å²) in [6.45, 7) is 3.64. The summed E-state index contributed by atoms with van der Waals surface area (Å²) < 4.78 is 0. The summed E-state index contributed by atoms with van der Waals surface area (Å²) in [6, 6.07) is 0.0266. The first kappa shape index (κ1) is 13.5. The standard InChI is InChI=1S/C11H18N2O4/c1-6(2)12-9(14)5-13(3)10(15)7-4-8(7)11(16)17/h6-8H,4-5H2,1-3H3,(H,12,14)(H,16,17). The van der Waals surface area contributed by atoms with E-state index in [1.807, 2.05) is 13.8 Å². The van der Waals surface area contributed by atoms with Crippen LogP contribution in [0.1, 0.15) is 20.3 Å². The SMILES string of the molecule is CC(C)NC(=O)CN(C)C(=O)C1CC1C(=O)O. The fourth-order valence-corrected chi connectivity index (χ4v) is 1.68. The second-order valence-electron chi connectivity index (χ2n) is 4.70. The molecule has 6 nitrogen and oxygen atoms in total. The number of rotatable bonds is 5. The molecule has 0 aromatic heterocycles. The van der Waals surface area contributed by atoms with Gasteiger partial charge in [-0.05, 0) is 20.3 Å². The summed E-state index contributed by atoms with van der Waals surface area (Å²) in [7, 11) is 1.51. The minimum Gasteiger partial charge on any atom is -0.481 e. The Morgan fingerprint density at radius 3 is 2.35 bits per heavy atom. The van der Waals surface area contributed by atoms with Gasteiger partial charge in [0.1, 0.15) is 0 Å². The number of amides is 2. The number of nitrogens with zero attached hydrogens (tertiary/aromatic N) is 1. The summed E-state index contributed by atoms with van der Waals surface area (Å²) in [4.78, 5) is 35.0. The first-order valence-electron chi connectivity index (χ1n) is 5.60. The average molecular weight is 242 g/mol. The van der Waals surface area contributed by atoms with Gasteiger partial charge in [0, 0.05) is 13.1 Å². The van der Waals surface area contributed by atoms with Gasteiger partial charge in [-0.2, -0.15) is 0 Å². The highest BCUT2D eigenvalue weighted by molar-refractivity contribution is 5.91. The molecule has 0 aromatic rings. The van der Waals surface area contributed by atoms with E-state index < -0.39 is 17.8 Å². The number of nitrogens with one attached hydrogen (secondary N) is 1. The molecule has 2 unspecified atom stereocenters. The van der Waals surface area contributed by atoms with Crippen molar-refractivity contribution in [1.29, 1.82) is 0 Å². The number of aliphatic carboxylic acids is 1. The predicted octanol–water partition coefficient (Wildman–Crippen LogP) is -0.310. The van der Waals surface area contributed by atoms with Gasteiger partial charge in [0.25, 0.3) is 0 Å². The maximum atomic E-state index is 11.7. The second kappa shape index (κ2) is 5.16. The number of carbonyl (C=O) groups is 3. The average Bonchev–Trinajstić information content (AvgIpc) is 2.93. The molecule has 0 saturated heterocycles. The van der Waals surface area contributed by atoms with Crippen molar-refractivity contribution in [1.82, 2.24) is 10.2 Å². The molecule has 1 fully saturated rings. The Morgan fingerprint density at radius 1 is 1.35 bits per heavy atom. The molecule has 0 aromatic carbocycles. The van der Waals surface area contributed by atoms with Gasteiger partial charge in [-0.25, -0.2) is 0 Å². The van der Waals surface area contributed by atoms with E-state index in [0.29, 0.717) is 6.42 Å². The van der Waals surface area contributed by atoms with E-state index in [4.69, 9.17) is 5.11 Å². The molecule has 0 heterocycles. The third kappa shape index (κ3) is 3.72. The highest BCUT2D eigenvalue weighted by atomic mass is 16.4. The van der Waals surface area contributed by atoms with Crippen LogP contribution < -0.4 is 5.32 Å². The number of hydrogen-bond donors (Lipinski definition) is 2. The van der Waals surface area contributed by atoms with Crippen LogP contribution in [0.25, 0.3) is 0 Å². The Labute approximate surface area is 100.0 Å². The van der Waals surface area contributed by atoms with Gasteiger partial charge in [0.15, 0.2) is 0 Å². The Kier molecular flexibility index (Phi) is 4.09. The molecule has 96 valence electrons. The van der Waals surface area contributed by atoms with Crippen LogP contribution in [0, 0.1) is 11.8 Å². The van der Waals surface area contributed by atoms with Crippen LogP contribution in [0.5, 0.6) is 0 Å². The van der Waals surface area contributed by atoms with Gasteiger partial charge < -0.3 is 15.3 Å². The maximum Gasteiger partial charge on any atom is 0.307 e. The van der Waals surface area contributed by atoms with Crippen molar-refractivity contribution in [2.75, 3.05) is 13.6 Å². The summed E-state index contributed by atoms with van der Waals surface area (Å²) in [5.74, 6) is -2.47. The molecule has 0 spiro atoms. The fourth-order valence-electron chi connectivity index (χ4n) is 1.68. The fraction of sp³-hybridized carbons (Fsp3) is 0.727. The normalized spacial score (nSPS) is 22.1. The van der Waals surface area contributed by atoms with Crippen molar-refractivity contribution in [3.05, 3.63) is 0 Å². The molecule has 0 bridgehead atoms. The lowest BCUT2D eigenvalue weighted by atomic mass is 10.3.